The fraction of sp³-hybridized carbons (Fsp3) is 0.467. The number of likely N-dealkylation sites (tertiary alicyclic amines) is 1. The van der Waals surface area contributed by atoms with Crippen molar-refractivity contribution in [1.29, 1.82) is 0 Å². The van der Waals surface area contributed by atoms with Crippen LogP contribution in [-0.4, -0.2) is 29.2 Å². The molecule has 1 amide bonds. The summed E-state index contributed by atoms with van der Waals surface area (Å²) in [4.78, 5) is 26.3. The molecule has 0 aliphatic carbocycles. The van der Waals surface area contributed by atoms with Gasteiger partial charge in [0.2, 0.25) is 5.91 Å². The van der Waals surface area contributed by atoms with Crippen molar-refractivity contribution in [3.8, 4) is 0 Å². The molecule has 0 saturated carbocycles. The van der Waals surface area contributed by atoms with E-state index < -0.39 is 42.0 Å². The zero-order valence-electron chi connectivity index (χ0n) is 15.4. The third-order valence-corrected chi connectivity index (χ3v) is 3.10. The Labute approximate surface area is 115 Å². The van der Waals surface area contributed by atoms with Crippen molar-refractivity contribution in [3.63, 3.8) is 0 Å². The van der Waals surface area contributed by atoms with E-state index in [0.29, 0.717) is 32.2 Å². The number of amides is 1. The van der Waals surface area contributed by atoms with Crippen LogP contribution in [0.15, 0.2) is 30.2 Å². The lowest BCUT2D eigenvalue weighted by Crippen LogP contribution is -2.41. The molecular formula is C15H19NO2. The highest BCUT2D eigenvalue weighted by molar-refractivity contribution is 6.02. The van der Waals surface area contributed by atoms with Gasteiger partial charge in [0.25, 0.3) is 0 Å². The Kier molecular flexibility index (Phi) is 2.49. The van der Waals surface area contributed by atoms with Gasteiger partial charge < -0.3 is 4.90 Å². The van der Waals surface area contributed by atoms with E-state index in [0.717, 1.165) is 0 Å². The van der Waals surface area contributed by atoms with Crippen molar-refractivity contribution in [3.05, 3.63) is 35.8 Å². The van der Waals surface area contributed by atoms with E-state index >= 15 is 0 Å². The van der Waals surface area contributed by atoms with Crippen LogP contribution in [0.2, 0.25) is 0 Å². The summed E-state index contributed by atoms with van der Waals surface area (Å²) >= 11 is 0. The number of carbonyl (C=O) groups is 2. The number of rotatable bonds is 5. The Hall–Kier alpha value is -1.64. The quantitative estimate of drug-likeness (QED) is 0.753. The van der Waals surface area contributed by atoms with Crippen molar-refractivity contribution in [2.75, 3.05) is 6.54 Å². The van der Waals surface area contributed by atoms with E-state index in [4.69, 9.17) is 6.85 Å². The normalized spacial score (nSPS) is 20.8. The Morgan fingerprint density at radius 2 is 2.17 bits per heavy atom. The predicted octanol–water partition coefficient (Wildman–Crippen LogP) is 2.66. The second-order valence-corrected chi connectivity index (χ2v) is 4.36. The first-order valence-corrected chi connectivity index (χ1v) is 6.21. The molecular weight excluding hydrogens is 226 g/mol. The zero-order chi connectivity index (χ0) is 17.3. The van der Waals surface area contributed by atoms with E-state index in [9.17, 15) is 9.59 Å². The lowest BCUT2D eigenvalue weighted by Gasteiger charge is -2.26. The summed E-state index contributed by atoms with van der Waals surface area (Å²) in [5.41, 5.74) is -0.325. The number of hydrogen-bond donors (Lipinski definition) is 0. The highest BCUT2D eigenvalue weighted by Gasteiger charge is 2.32. The second-order valence-electron chi connectivity index (χ2n) is 4.36. The molecule has 1 aliphatic rings. The number of benzene rings is 1. The minimum absolute atomic E-state index is 0.121. The molecule has 1 aliphatic heterocycles. The molecule has 1 aromatic carbocycles. The maximum atomic E-state index is 12.9. The van der Waals surface area contributed by atoms with Crippen molar-refractivity contribution in [2.24, 2.45) is 0 Å². The van der Waals surface area contributed by atoms with E-state index in [1.165, 1.54) is 4.90 Å². The predicted molar refractivity (Wildman–Crippen MR) is 70.4 cm³/mol. The van der Waals surface area contributed by atoms with E-state index in [2.05, 4.69) is 0 Å². The van der Waals surface area contributed by atoms with Crippen molar-refractivity contribution >= 4 is 11.7 Å². The molecule has 0 bridgehead atoms. The summed E-state index contributed by atoms with van der Waals surface area (Å²) in [6.45, 7) is 2.34. The van der Waals surface area contributed by atoms with Crippen molar-refractivity contribution in [1.82, 2.24) is 4.90 Å². The molecule has 0 spiro atoms. The Bertz CT molecular complexity index is 633. The molecule has 1 atom stereocenters. The smallest absolute Gasteiger partial charge is 0.223 e. The maximum Gasteiger partial charge on any atom is 0.223 e. The van der Waals surface area contributed by atoms with Gasteiger partial charge in [-0.2, -0.15) is 0 Å². The Balaban J connectivity index is 2.51. The van der Waals surface area contributed by atoms with Gasteiger partial charge in [0.15, 0.2) is 5.78 Å². The van der Waals surface area contributed by atoms with Crippen LogP contribution in [0.5, 0.6) is 0 Å². The first-order chi connectivity index (χ1) is 10.8. The molecule has 1 fully saturated rings. The van der Waals surface area contributed by atoms with Crippen LogP contribution in [0.3, 0.4) is 0 Å². The first-order valence-electron chi connectivity index (χ1n) is 8.71. The third kappa shape index (κ3) is 2.61. The first kappa shape index (κ1) is 7.72. The molecule has 18 heavy (non-hydrogen) atoms. The van der Waals surface area contributed by atoms with Crippen molar-refractivity contribution in [2.45, 2.75) is 38.6 Å². The van der Waals surface area contributed by atoms with Crippen LogP contribution in [0.4, 0.5) is 0 Å². The van der Waals surface area contributed by atoms with Gasteiger partial charge in [-0.1, -0.05) is 43.6 Å². The molecule has 2 rings (SSSR count). The van der Waals surface area contributed by atoms with Crippen LogP contribution in [0.1, 0.15) is 49.8 Å². The molecule has 0 radical (unpaired) electrons. The summed E-state index contributed by atoms with van der Waals surface area (Å²) in [6, 6.07) is -3.36. The standard InChI is InChI=1S/C15H19NO2/c1-2-7-13(16-11-6-10-14(16)17)15(18)12-8-4-3-5-9-12/h3-5,8-9,13H,2,6-7,10-11H2,1H3/i3D,4D,5D,8D,9D. The highest BCUT2D eigenvalue weighted by atomic mass is 16.2. The van der Waals surface area contributed by atoms with E-state index in [-0.39, 0.29) is 11.5 Å². The average Bonchev–Trinajstić information content (AvgIpc) is 2.94. The highest BCUT2D eigenvalue weighted by Crippen LogP contribution is 2.20. The second kappa shape index (κ2) is 5.80. The summed E-state index contributed by atoms with van der Waals surface area (Å²) in [6.07, 6.45) is 2.12. The van der Waals surface area contributed by atoms with Gasteiger partial charge >= 0.3 is 0 Å². The van der Waals surface area contributed by atoms with Gasteiger partial charge in [0.05, 0.1) is 12.9 Å². The van der Waals surface area contributed by atoms with Crippen molar-refractivity contribution < 1.29 is 16.4 Å². The summed E-state index contributed by atoms with van der Waals surface area (Å²) in [5, 5.41) is 0. The molecule has 0 N–H and O–H groups in total. The minimum Gasteiger partial charge on any atom is -0.332 e. The number of nitrogens with zero attached hydrogens (tertiary/aromatic N) is 1. The molecule has 0 aromatic heterocycles. The molecule has 96 valence electrons. The topological polar surface area (TPSA) is 37.4 Å². The number of hydrogen-bond acceptors (Lipinski definition) is 2. The van der Waals surface area contributed by atoms with Gasteiger partial charge in [0.1, 0.15) is 0 Å². The monoisotopic (exact) mass is 250 g/mol. The molecule has 1 heterocycles. The van der Waals surface area contributed by atoms with Crippen LogP contribution < -0.4 is 0 Å². The minimum atomic E-state index is -0.765. The van der Waals surface area contributed by atoms with Gasteiger partial charge in [0, 0.05) is 18.5 Å². The van der Waals surface area contributed by atoms with Crippen LogP contribution in [0, 0.1) is 0 Å². The Morgan fingerprint density at radius 3 is 2.72 bits per heavy atom. The van der Waals surface area contributed by atoms with Gasteiger partial charge in [-0.3, -0.25) is 9.59 Å². The van der Waals surface area contributed by atoms with E-state index in [1.54, 1.807) is 0 Å². The van der Waals surface area contributed by atoms with Crippen LogP contribution in [-0.2, 0) is 4.79 Å². The van der Waals surface area contributed by atoms with E-state index in [1.807, 2.05) is 6.92 Å². The van der Waals surface area contributed by atoms with Gasteiger partial charge in [-0.15, -0.1) is 0 Å². The summed E-state index contributed by atoms with van der Waals surface area (Å²) in [7, 11) is 0. The SMILES string of the molecule is [2H]c1c([2H])c([2H])c(C(=O)C(CCC)N2CCCC2=O)c([2H])c1[2H]. The van der Waals surface area contributed by atoms with Gasteiger partial charge in [-0.05, 0) is 12.8 Å². The lowest BCUT2D eigenvalue weighted by atomic mass is 9.99. The summed E-state index contributed by atoms with van der Waals surface area (Å²) < 4.78 is 38.8. The average molecular weight is 250 g/mol. The number of Topliss-reactive ketones (excluding diaryl/α,β-unsaturated/α-hetero) is 1. The fourth-order valence-electron chi connectivity index (χ4n) is 2.24. The fourth-order valence-corrected chi connectivity index (χ4v) is 2.24. The Morgan fingerprint density at radius 1 is 1.44 bits per heavy atom. The van der Waals surface area contributed by atoms with Crippen LogP contribution in [0.25, 0.3) is 0 Å². The zero-order valence-corrected chi connectivity index (χ0v) is 10.4. The third-order valence-electron chi connectivity index (χ3n) is 3.10. The molecule has 1 saturated heterocycles. The summed E-state index contributed by atoms with van der Waals surface area (Å²) in [5.74, 6) is -0.691. The lowest BCUT2D eigenvalue weighted by molar-refractivity contribution is -0.129. The molecule has 3 heteroatoms. The largest absolute Gasteiger partial charge is 0.332 e. The molecule has 3 nitrogen and oxygen atoms in total. The van der Waals surface area contributed by atoms with Crippen LogP contribution >= 0.6 is 0 Å². The molecule has 1 aromatic rings. The maximum absolute atomic E-state index is 12.9. The van der Waals surface area contributed by atoms with Gasteiger partial charge in [-0.25, -0.2) is 0 Å². The number of carbonyl (C=O) groups excluding carboxylic acids is 2. The molecule has 1 unspecified atom stereocenters. The number of ketones is 1.